The van der Waals surface area contributed by atoms with Crippen LogP contribution in [-0.2, 0) is 22.7 Å². The van der Waals surface area contributed by atoms with Crippen molar-refractivity contribution in [2.75, 3.05) is 40.3 Å². The summed E-state index contributed by atoms with van der Waals surface area (Å²) in [4.78, 5) is 20.9. The highest BCUT2D eigenvalue weighted by Gasteiger charge is 2.25. The Morgan fingerprint density at radius 2 is 1.81 bits per heavy atom. The molecule has 2 aromatic carbocycles. The standard InChI is InChI=1S/C25H34N4O2/c1-26-25(27-15-13-24(30)28(2)17-21-9-5-3-6-10-21)29-16-14-23(18-29)20-31-19-22-11-7-4-8-12-22/h3-12,23H,13-20H2,1-2H3,(H,26,27). The first-order chi connectivity index (χ1) is 15.2. The van der Waals surface area contributed by atoms with Gasteiger partial charge in [-0.25, -0.2) is 0 Å². The minimum atomic E-state index is 0.125. The topological polar surface area (TPSA) is 57.2 Å². The van der Waals surface area contributed by atoms with Crippen LogP contribution >= 0.6 is 0 Å². The molecule has 0 aromatic heterocycles. The number of aliphatic imine (C=N–C) groups is 1. The number of nitrogens with zero attached hydrogens (tertiary/aromatic N) is 3. The maximum absolute atomic E-state index is 12.4. The smallest absolute Gasteiger partial charge is 0.224 e. The van der Waals surface area contributed by atoms with E-state index in [4.69, 9.17) is 4.74 Å². The van der Waals surface area contributed by atoms with Crippen molar-refractivity contribution in [1.29, 1.82) is 0 Å². The number of amides is 1. The van der Waals surface area contributed by atoms with Gasteiger partial charge in [-0.1, -0.05) is 60.7 Å². The molecule has 1 aliphatic heterocycles. The Morgan fingerprint density at radius 3 is 2.48 bits per heavy atom. The van der Waals surface area contributed by atoms with Gasteiger partial charge in [-0.2, -0.15) is 0 Å². The minimum absolute atomic E-state index is 0.125. The van der Waals surface area contributed by atoms with E-state index >= 15 is 0 Å². The number of nitrogens with one attached hydrogen (secondary N) is 1. The molecule has 3 rings (SSSR count). The summed E-state index contributed by atoms with van der Waals surface area (Å²) >= 11 is 0. The lowest BCUT2D eigenvalue weighted by atomic mass is 10.1. The van der Waals surface area contributed by atoms with Crippen molar-refractivity contribution in [2.45, 2.75) is 26.0 Å². The Kier molecular flexibility index (Phi) is 8.91. The zero-order valence-corrected chi connectivity index (χ0v) is 18.7. The van der Waals surface area contributed by atoms with E-state index in [9.17, 15) is 4.79 Å². The fourth-order valence-corrected chi connectivity index (χ4v) is 3.83. The molecule has 1 atom stereocenters. The van der Waals surface area contributed by atoms with Gasteiger partial charge in [0.2, 0.25) is 5.91 Å². The van der Waals surface area contributed by atoms with Gasteiger partial charge < -0.3 is 19.9 Å². The molecule has 31 heavy (non-hydrogen) atoms. The number of rotatable bonds is 9. The SMILES string of the molecule is CN=C(NCCC(=O)N(C)Cc1ccccc1)N1CCC(COCc2ccccc2)C1. The molecule has 1 amide bonds. The second-order valence-corrected chi connectivity index (χ2v) is 8.06. The summed E-state index contributed by atoms with van der Waals surface area (Å²) in [6.45, 7) is 4.51. The molecule has 0 radical (unpaired) electrons. The molecule has 6 nitrogen and oxygen atoms in total. The second kappa shape index (κ2) is 12.1. The quantitative estimate of drug-likeness (QED) is 0.498. The van der Waals surface area contributed by atoms with Crippen LogP contribution < -0.4 is 5.32 Å². The molecule has 1 unspecified atom stereocenters. The summed E-state index contributed by atoms with van der Waals surface area (Å²) in [5.41, 5.74) is 2.34. The van der Waals surface area contributed by atoms with Crippen LogP contribution in [-0.4, -0.2) is 62.0 Å². The molecule has 2 aromatic rings. The number of guanidine groups is 1. The van der Waals surface area contributed by atoms with Gasteiger partial charge in [0.05, 0.1) is 13.2 Å². The van der Waals surface area contributed by atoms with Gasteiger partial charge >= 0.3 is 0 Å². The number of ether oxygens (including phenoxy) is 1. The van der Waals surface area contributed by atoms with Crippen molar-refractivity contribution in [3.63, 3.8) is 0 Å². The Bertz CT molecular complexity index is 826. The Hall–Kier alpha value is -2.86. The molecule has 0 bridgehead atoms. The van der Waals surface area contributed by atoms with Crippen molar-refractivity contribution >= 4 is 11.9 Å². The average Bonchev–Trinajstić information content (AvgIpc) is 3.26. The lowest BCUT2D eigenvalue weighted by Gasteiger charge is -2.22. The van der Waals surface area contributed by atoms with Crippen LogP contribution in [0.3, 0.4) is 0 Å². The van der Waals surface area contributed by atoms with E-state index in [2.05, 4.69) is 27.3 Å². The molecule has 0 aliphatic carbocycles. The highest BCUT2D eigenvalue weighted by atomic mass is 16.5. The molecule has 166 valence electrons. The van der Waals surface area contributed by atoms with Crippen molar-refractivity contribution in [3.8, 4) is 0 Å². The summed E-state index contributed by atoms with van der Waals surface area (Å²) < 4.78 is 5.92. The van der Waals surface area contributed by atoms with Crippen LogP contribution in [0.5, 0.6) is 0 Å². The van der Waals surface area contributed by atoms with Crippen LogP contribution in [0.15, 0.2) is 65.7 Å². The fraction of sp³-hybridized carbons (Fsp3) is 0.440. The van der Waals surface area contributed by atoms with E-state index in [1.807, 2.05) is 55.6 Å². The third kappa shape index (κ3) is 7.40. The summed E-state index contributed by atoms with van der Waals surface area (Å²) in [5, 5.41) is 3.35. The van der Waals surface area contributed by atoms with Gasteiger partial charge in [0.15, 0.2) is 5.96 Å². The molecule has 0 saturated carbocycles. The molecule has 1 saturated heterocycles. The maximum atomic E-state index is 12.4. The van der Waals surface area contributed by atoms with Crippen LogP contribution in [0.25, 0.3) is 0 Å². The Balaban J connectivity index is 1.34. The first-order valence-corrected chi connectivity index (χ1v) is 11.0. The predicted molar refractivity (Wildman–Crippen MR) is 125 cm³/mol. The number of carbonyl (C=O) groups is 1. The molecule has 0 spiro atoms. The normalized spacial score (nSPS) is 16.4. The van der Waals surface area contributed by atoms with Gasteiger partial charge in [0.1, 0.15) is 0 Å². The number of benzene rings is 2. The Morgan fingerprint density at radius 1 is 1.13 bits per heavy atom. The van der Waals surface area contributed by atoms with Gasteiger partial charge in [-0.15, -0.1) is 0 Å². The van der Waals surface area contributed by atoms with E-state index in [1.165, 1.54) is 5.56 Å². The highest BCUT2D eigenvalue weighted by Crippen LogP contribution is 2.17. The summed E-state index contributed by atoms with van der Waals surface area (Å²) in [5.74, 6) is 1.49. The number of carbonyl (C=O) groups excluding carboxylic acids is 1. The summed E-state index contributed by atoms with van der Waals surface area (Å²) in [6, 6.07) is 20.3. The molecule has 1 heterocycles. The molecule has 1 N–H and O–H groups in total. The molecule has 6 heteroatoms. The lowest BCUT2D eigenvalue weighted by molar-refractivity contribution is -0.130. The second-order valence-electron chi connectivity index (χ2n) is 8.06. The monoisotopic (exact) mass is 422 g/mol. The predicted octanol–water partition coefficient (Wildman–Crippen LogP) is 3.15. The number of likely N-dealkylation sites (tertiary alicyclic amines) is 1. The first-order valence-electron chi connectivity index (χ1n) is 11.0. The highest BCUT2D eigenvalue weighted by molar-refractivity contribution is 5.81. The van der Waals surface area contributed by atoms with Crippen molar-refractivity contribution in [2.24, 2.45) is 10.9 Å². The zero-order valence-electron chi connectivity index (χ0n) is 18.7. The lowest BCUT2D eigenvalue weighted by Crippen LogP contribution is -2.41. The van der Waals surface area contributed by atoms with Crippen molar-refractivity contribution < 1.29 is 9.53 Å². The van der Waals surface area contributed by atoms with Crippen LogP contribution in [0.2, 0.25) is 0 Å². The minimum Gasteiger partial charge on any atom is -0.376 e. The molecule has 1 aliphatic rings. The van der Waals surface area contributed by atoms with E-state index < -0.39 is 0 Å². The van der Waals surface area contributed by atoms with Crippen LogP contribution in [0.4, 0.5) is 0 Å². The first kappa shape index (κ1) is 22.8. The van der Waals surface area contributed by atoms with Crippen LogP contribution in [0.1, 0.15) is 24.0 Å². The maximum Gasteiger partial charge on any atom is 0.224 e. The third-order valence-electron chi connectivity index (χ3n) is 5.57. The van der Waals surface area contributed by atoms with Gasteiger partial charge in [0.25, 0.3) is 0 Å². The third-order valence-corrected chi connectivity index (χ3v) is 5.57. The van der Waals surface area contributed by atoms with E-state index in [0.29, 0.717) is 32.0 Å². The van der Waals surface area contributed by atoms with E-state index in [0.717, 1.165) is 37.6 Å². The zero-order chi connectivity index (χ0) is 21.9. The van der Waals surface area contributed by atoms with Gasteiger partial charge in [-0.05, 0) is 17.5 Å². The average molecular weight is 423 g/mol. The Labute approximate surface area is 185 Å². The van der Waals surface area contributed by atoms with Crippen molar-refractivity contribution in [3.05, 3.63) is 71.8 Å². The van der Waals surface area contributed by atoms with Gasteiger partial charge in [-0.3, -0.25) is 9.79 Å². The van der Waals surface area contributed by atoms with E-state index in [-0.39, 0.29) is 5.91 Å². The van der Waals surface area contributed by atoms with Crippen LogP contribution in [0, 0.1) is 5.92 Å². The summed E-state index contributed by atoms with van der Waals surface area (Å²) in [7, 11) is 3.65. The number of hydrogen-bond donors (Lipinski definition) is 1. The summed E-state index contributed by atoms with van der Waals surface area (Å²) in [6.07, 6.45) is 1.54. The fourth-order valence-electron chi connectivity index (χ4n) is 3.83. The molecule has 1 fully saturated rings. The number of hydrogen-bond acceptors (Lipinski definition) is 3. The largest absolute Gasteiger partial charge is 0.376 e. The van der Waals surface area contributed by atoms with Gasteiger partial charge in [0, 0.05) is 52.6 Å². The van der Waals surface area contributed by atoms with Crippen molar-refractivity contribution in [1.82, 2.24) is 15.1 Å². The molecular formula is C25H34N4O2. The molecular weight excluding hydrogens is 388 g/mol. The van der Waals surface area contributed by atoms with E-state index in [1.54, 1.807) is 11.9 Å².